The van der Waals surface area contributed by atoms with Crippen LogP contribution in [0.1, 0.15) is 24.8 Å². The first-order chi connectivity index (χ1) is 8.22. The second-order valence-electron chi connectivity index (χ2n) is 4.25. The first kappa shape index (κ1) is 12.4. The molecule has 1 aromatic rings. The van der Waals surface area contributed by atoms with E-state index in [0.717, 1.165) is 29.8 Å². The lowest BCUT2D eigenvalue weighted by Crippen LogP contribution is -2.35. The number of hydrogen-bond acceptors (Lipinski definition) is 2. The predicted molar refractivity (Wildman–Crippen MR) is 70.2 cm³/mol. The van der Waals surface area contributed by atoms with Crippen molar-refractivity contribution in [1.82, 2.24) is 0 Å². The minimum atomic E-state index is -0.228. The number of benzene rings is 1. The predicted octanol–water partition coefficient (Wildman–Crippen LogP) is 2.81. The molecule has 0 unspecified atom stereocenters. The zero-order valence-electron chi connectivity index (χ0n) is 9.66. The largest absolute Gasteiger partial charge is 0.312 e. The molecule has 17 heavy (non-hydrogen) atoms. The Morgan fingerprint density at radius 1 is 1.29 bits per heavy atom. The maximum absolute atomic E-state index is 13.1. The fourth-order valence-corrected chi connectivity index (χ4v) is 2.38. The van der Waals surface area contributed by atoms with Crippen molar-refractivity contribution in [3.63, 3.8) is 0 Å². The maximum Gasteiger partial charge on any atom is 0.227 e. The third-order valence-corrected chi connectivity index (χ3v) is 3.35. The van der Waals surface area contributed by atoms with Crippen LogP contribution in [0.3, 0.4) is 0 Å². The summed E-state index contributed by atoms with van der Waals surface area (Å²) < 4.78 is 13.1. The Morgan fingerprint density at radius 2 is 2.12 bits per heavy atom. The van der Waals surface area contributed by atoms with Crippen molar-refractivity contribution in [2.75, 3.05) is 17.2 Å². The monoisotopic (exact) mass is 253 g/mol. The molecule has 1 amide bonds. The molecule has 1 aliphatic rings. The molecule has 0 N–H and O–H groups in total. The number of rotatable bonds is 4. The number of nitrogens with zero attached hydrogens (tertiary/aromatic N) is 1. The van der Waals surface area contributed by atoms with Crippen molar-refractivity contribution < 1.29 is 9.18 Å². The van der Waals surface area contributed by atoms with E-state index in [1.165, 1.54) is 12.1 Å². The van der Waals surface area contributed by atoms with E-state index in [1.54, 1.807) is 11.0 Å². The molecule has 0 aromatic heterocycles. The Bertz CT molecular complexity index is 422. The van der Waals surface area contributed by atoms with Gasteiger partial charge in [0.25, 0.3) is 0 Å². The van der Waals surface area contributed by atoms with Crippen LogP contribution in [0.15, 0.2) is 18.2 Å². The van der Waals surface area contributed by atoms with Gasteiger partial charge >= 0.3 is 0 Å². The third-order valence-electron chi connectivity index (χ3n) is 3.03. The zero-order valence-corrected chi connectivity index (χ0v) is 10.5. The molecule has 0 spiro atoms. The first-order valence-electron chi connectivity index (χ1n) is 5.92. The summed E-state index contributed by atoms with van der Waals surface area (Å²) in [5.74, 6) is 0.745. The van der Waals surface area contributed by atoms with Crippen LogP contribution < -0.4 is 4.90 Å². The van der Waals surface area contributed by atoms with Crippen molar-refractivity contribution in [1.29, 1.82) is 0 Å². The van der Waals surface area contributed by atoms with Crippen LogP contribution in [0.4, 0.5) is 10.1 Å². The molecule has 0 radical (unpaired) electrons. The lowest BCUT2D eigenvalue weighted by Gasteiger charge is -2.29. The highest BCUT2D eigenvalue weighted by molar-refractivity contribution is 7.80. The van der Waals surface area contributed by atoms with Gasteiger partial charge in [-0.3, -0.25) is 4.79 Å². The topological polar surface area (TPSA) is 20.3 Å². The maximum atomic E-state index is 13.1. The lowest BCUT2D eigenvalue weighted by molar-refractivity contribution is -0.118. The Balaban J connectivity index is 2.18. The van der Waals surface area contributed by atoms with Gasteiger partial charge in [0.05, 0.1) is 0 Å². The van der Waals surface area contributed by atoms with Gasteiger partial charge in [-0.1, -0.05) is 0 Å². The molecule has 92 valence electrons. The van der Waals surface area contributed by atoms with Crippen molar-refractivity contribution in [2.45, 2.75) is 25.7 Å². The van der Waals surface area contributed by atoms with Gasteiger partial charge in [-0.2, -0.15) is 12.6 Å². The summed E-state index contributed by atoms with van der Waals surface area (Å²) in [7, 11) is 0. The van der Waals surface area contributed by atoms with Crippen molar-refractivity contribution in [3.05, 3.63) is 29.6 Å². The average molecular weight is 253 g/mol. The summed E-state index contributed by atoms with van der Waals surface area (Å²) in [6, 6.07) is 4.67. The minimum Gasteiger partial charge on any atom is -0.312 e. The Morgan fingerprint density at radius 3 is 2.88 bits per heavy atom. The van der Waals surface area contributed by atoms with Crippen molar-refractivity contribution in [2.24, 2.45) is 0 Å². The van der Waals surface area contributed by atoms with Crippen LogP contribution in [0.25, 0.3) is 0 Å². The fourth-order valence-electron chi connectivity index (χ4n) is 2.16. The van der Waals surface area contributed by atoms with Crippen LogP contribution >= 0.6 is 12.6 Å². The number of fused-ring (bicyclic) bond motifs is 1. The van der Waals surface area contributed by atoms with E-state index in [0.29, 0.717) is 19.4 Å². The van der Waals surface area contributed by atoms with E-state index in [9.17, 15) is 9.18 Å². The molecular weight excluding hydrogens is 237 g/mol. The highest BCUT2D eigenvalue weighted by Gasteiger charge is 2.23. The Labute approximate surface area is 106 Å². The van der Waals surface area contributed by atoms with Crippen LogP contribution in [0, 0.1) is 5.82 Å². The number of carbonyl (C=O) groups excluding carboxylic acids is 1. The molecule has 1 heterocycles. The summed E-state index contributed by atoms with van der Waals surface area (Å²) in [5.41, 5.74) is 1.82. The fraction of sp³-hybridized carbons (Fsp3) is 0.462. The highest BCUT2D eigenvalue weighted by atomic mass is 32.1. The number of unbranched alkanes of at least 4 members (excludes halogenated alkanes) is 1. The molecule has 0 aliphatic carbocycles. The second kappa shape index (κ2) is 5.54. The highest BCUT2D eigenvalue weighted by Crippen LogP contribution is 2.28. The van der Waals surface area contributed by atoms with E-state index in [4.69, 9.17) is 0 Å². The molecule has 2 nitrogen and oxygen atoms in total. The van der Waals surface area contributed by atoms with E-state index in [1.807, 2.05) is 0 Å². The van der Waals surface area contributed by atoms with E-state index in [2.05, 4.69) is 12.6 Å². The number of carbonyl (C=O) groups is 1. The van der Waals surface area contributed by atoms with Gasteiger partial charge in [0.1, 0.15) is 5.82 Å². The summed E-state index contributed by atoms with van der Waals surface area (Å²) in [6.45, 7) is 0.706. The van der Waals surface area contributed by atoms with Gasteiger partial charge in [0, 0.05) is 18.7 Å². The normalized spacial score (nSPS) is 14.9. The average Bonchev–Trinajstić information content (AvgIpc) is 2.32. The van der Waals surface area contributed by atoms with Gasteiger partial charge in [-0.15, -0.1) is 0 Å². The second-order valence-corrected chi connectivity index (χ2v) is 4.70. The Kier molecular flexibility index (Phi) is 4.05. The van der Waals surface area contributed by atoms with E-state index >= 15 is 0 Å². The quantitative estimate of drug-likeness (QED) is 0.646. The summed E-state index contributed by atoms with van der Waals surface area (Å²) in [6.07, 6.45) is 3.06. The molecule has 0 saturated carbocycles. The van der Waals surface area contributed by atoms with Crippen molar-refractivity contribution >= 4 is 24.2 Å². The number of hydrogen-bond donors (Lipinski definition) is 1. The number of aryl methyl sites for hydroxylation is 1. The summed E-state index contributed by atoms with van der Waals surface area (Å²) >= 11 is 4.16. The van der Waals surface area contributed by atoms with Crippen LogP contribution in [0.2, 0.25) is 0 Å². The molecule has 4 heteroatoms. The van der Waals surface area contributed by atoms with Crippen LogP contribution in [-0.4, -0.2) is 18.2 Å². The molecule has 0 saturated heterocycles. The van der Waals surface area contributed by atoms with Gasteiger partial charge in [0.15, 0.2) is 0 Å². The number of halogens is 1. The van der Waals surface area contributed by atoms with E-state index in [-0.39, 0.29) is 11.7 Å². The smallest absolute Gasteiger partial charge is 0.227 e. The van der Waals surface area contributed by atoms with E-state index < -0.39 is 0 Å². The number of amides is 1. The van der Waals surface area contributed by atoms with Crippen molar-refractivity contribution in [3.8, 4) is 0 Å². The summed E-state index contributed by atoms with van der Waals surface area (Å²) in [5, 5.41) is 0. The third kappa shape index (κ3) is 2.80. The minimum absolute atomic E-state index is 0.142. The van der Waals surface area contributed by atoms with Crippen LogP contribution in [-0.2, 0) is 11.2 Å². The molecule has 1 aromatic carbocycles. The van der Waals surface area contributed by atoms with Gasteiger partial charge in [0.2, 0.25) is 5.91 Å². The lowest BCUT2D eigenvalue weighted by atomic mass is 10.0. The Hall–Kier alpha value is -1.03. The molecular formula is C13H16FNOS. The standard InChI is InChI=1S/C13H16FNOS/c14-11-4-5-12-10(9-11)3-6-13(16)15(12)7-1-2-8-17/h4-5,9,17H,1-3,6-8H2. The SMILES string of the molecule is O=C1CCc2cc(F)ccc2N1CCCCS. The van der Waals surface area contributed by atoms with Gasteiger partial charge < -0.3 is 4.90 Å². The molecule has 1 aliphatic heterocycles. The molecule has 0 fully saturated rings. The molecule has 0 atom stereocenters. The zero-order chi connectivity index (χ0) is 12.3. The molecule has 0 bridgehead atoms. The van der Waals surface area contributed by atoms with Gasteiger partial charge in [-0.25, -0.2) is 4.39 Å². The van der Waals surface area contributed by atoms with Crippen LogP contribution in [0.5, 0.6) is 0 Å². The van der Waals surface area contributed by atoms with Gasteiger partial charge in [-0.05, 0) is 48.8 Å². The number of thiol groups is 1. The summed E-state index contributed by atoms with van der Waals surface area (Å²) in [4.78, 5) is 13.6. The number of anilines is 1. The first-order valence-corrected chi connectivity index (χ1v) is 6.55. The molecule has 2 rings (SSSR count).